The second kappa shape index (κ2) is 7.41. The van der Waals surface area contributed by atoms with E-state index in [1.54, 1.807) is 6.07 Å². The molecule has 1 atom stereocenters. The van der Waals surface area contributed by atoms with Gasteiger partial charge in [0, 0.05) is 23.7 Å². The molecule has 0 aliphatic heterocycles. The topological polar surface area (TPSA) is 52.5 Å². The van der Waals surface area contributed by atoms with Gasteiger partial charge < -0.3 is 15.5 Å². The van der Waals surface area contributed by atoms with Crippen molar-refractivity contribution in [1.82, 2.24) is 5.32 Å². The van der Waals surface area contributed by atoms with Crippen molar-refractivity contribution in [1.29, 1.82) is 0 Å². The van der Waals surface area contributed by atoms with Crippen LogP contribution in [-0.4, -0.2) is 28.9 Å². The average Bonchev–Trinajstić information content (AvgIpc) is 2.64. The lowest BCUT2D eigenvalue weighted by Crippen LogP contribution is -2.41. The van der Waals surface area contributed by atoms with Crippen LogP contribution in [0.4, 0.5) is 0 Å². The molecule has 0 bridgehead atoms. The van der Waals surface area contributed by atoms with Gasteiger partial charge in [0.1, 0.15) is 0 Å². The summed E-state index contributed by atoms with van der Waals surface area (Å²) in [5.41, 5.74) is 0.117. The van der Waals surface area contributed by atoms with Gasteiger partial charge in [0.25, 0.3) is 0 Å². The largest absolute Gasteiger partial charge is 0.389 e. The number of halogens is 1. The fourth-order valence-electron chi connectivity index (χ4n) is 2.86. The highest BCUT2D eigenvalue weighted by Gasteiger charge is 2.27. The Bertz CT molecular complexity index is 417. The lowest BCUT2D eigenvalue weighted by Gasteiger charge is -2.27. The second-order valence-corrected chi connectivity index (χ2v) is 6.21. The van der Waals surface area contributed by atoms with Gasteiger partial charge in [-0.1, -0.05) is 55.5 Å². The van der Waals surface area contributed by atoms with E-state index in [-0.39, 0.29) is 0 Å². The van der Waals surface area contributed by atoms with E-state index in [9.17, 15) is 10.2 Å². The molecule has 0 radical (unpaired) electrons. The number of rotatable bonds is 5. The van der Waals surface area contributed by atoms with Gasteiger partial charge in [-0.05, 0) is 18.9 Å². The predicted molar refractivity (Wildman–Crippen MR) is 81.9 cm³/mol. The standard InChI is InChI=1S/C16H24ClNO2/c17-14-8-4-3-7-13(14)15(19)11-18-12-16(20)9-5-1-2-6-10-16/h3-4,7-8,15,18-20H,1-2,5-6,9-12H2. The Morgan fingerprint density at radius 1 is 1.15 bits per heavy atom. The number of hydrogen-bond donors (Lipinski definition) is 3. The zero-order valence-corrected chi connectivity index (χ0v) is 12.6. The monoisotopic (exact) mass is 297 g/mol. The molecule has 112 valence electrons. The minimum Gasteiger partial charge on any atom is -0.389 e. The zero-order chi connectivity index (χ0) is 14.4. The van der Waals surface area contributed by atoms with Crippen LogP contribution in [0.1, 0.15) is 50.2 Å². The first kappa shape index (κ1) is 15.8. The van der Waals surface area contributed by atoms with Crippen molar-refractivity contribution < 1.29 is 10.2 Å². The summed E-state index contributed by atoms with van der Waals surface area (Å²) in [5, 5.41) is 24.4. The van der Waals surface area contributed by atoms with Gasteiger partial charge in [-0.3, -0.25) is 0 Å². The molecule has 2 rings (SSSR count). The Morgan fingerprint density at radius 2 is 1.80 bits per heavy atom. The maximum atomic E-state index is 10.5. The Hall–Kier alpha value is -0.610. The molecule has 1 saturated carbocycles. The van der Waals surface area contributed by atoms with Crippen molar-refractivity contribution in [3.8, 4) is 0 Å². The van der Waals surface area contributed by atoms with Crippen molar-refractivity contribution in [2.24, 2.45) is 0 Å². The predicted octanol–water partition coefficient (Wildman–Crippen LogP) is 3.05. The van der Waals surface area contributed by atoms with Gasteiger partial charge in [0.05, 0.1) is 11.7 Å². The van der Waals surface area contributed by atoms with Crippen molar-refractivity contribution in [3.63, 3.8) is 0 Å². The number of aliphatic hydroxyl groups is 2. The molecule has 3 nitrogen and oxygen atoms in total. The van der Waals surface area contributed by atoms with E-state index < -0.39 is 11.7 Å². The Morgan fingerprint density at radius 3 is 2.45 bits per heavy atom. The van der Waals surface area contributed by atoms with Crippen LogP contribution in [0, 0.1) is 0 Å². The lowest BCUT2D eigenvalue weighted by molar-refractivity contribution is 0.0223. The maximum Gasteiger partial charge on any atom is 0.0928 e. The quantitative estimate of drug-likeness (QED) is 0.732. The minimum absolute atomic E-state index is 0.409. The molecule has 1 aromatic rings. The molecule has 1 unspecified atom stereocenters. The Labute approximate surface area is 126 Å². The fraction of sp³-hybridized carbons (Fsp3) is 0.625. The fourth-order valence-corrected chi connectivity index (χ4v) is 3.12. The summed E-state index contributed by atoms with van der Waals surface area (Å²) < 4.78 is 0. The van der Waals surface area contributed by atoms with Crippen LogP contribution >= 0.6 is 11.6 Å². The van der Waals surface area contributed by atoms with E-state index in [1.807, 2.05) is 18.2 Å². The third kappa shape index (κ3) is 4.45. The molecule has 1 fully saturated rings. The summed E-state index contributed by atoms with van der Waals surface area (Å²) in [6.07, 6.45) is 5.66. The Balaban J connectivity index is 1.81. The van der Waals surface area contributed by atoms with Crippen LogP contribution in [0.15, 0.2) is 24.3 Å². The van der Waals surface area contributed by atoms with E-state index in [4.69, 9.17) is 11.6 Å². The van der Waals surface area contributed by atoms with Crippen molar-refractivity contribution in [3.05, 3.63) is 34.9 Å². The van der Waals surface area contributed by atoms with Gasteiger partial charge in [-0.25, -0.2) is 0 Å². The SMILES string of the molecule is OC(CNCC1(O)CCCCCC1)c1ccccc1Cl. The smallest absolute Gasteiger partial charge is 0.0928 e. The van der Waals surface area contributed by atoms with Gasteiger partial charge >= 0.3 is 0 Å². The highest BCUT2D eigenvalue weighted by atomic mass is 35.5. The summed E-state index contributed by atoms with van der Waals surface area (Å²) in [6, 6.07) is 7.32. The molecule has 4 heteroatoms. The molecule has 0 amide bonds. The highest BCUT2D eigenvalue weighted by Crippen LogP contribution is 2.27. The summed E-state index contributed by atoms with van der Waals surface area (Å²) in [6.45, 7) is 0.945. The van der Waals surface area contributed by atoms with Gasteiger partial charge in [0.2, 0.25) is 0 Å². The van der Waals surface area contributed by atoms with Gasteiger partial charge in [-0.15, -0.1) is 0 Å². The molecule has 1 aliphatic rings. The molecule has 0 spiro atoms. The normalized spacial score (nSPS) is 20.4. The van der Waals surface area contributed by atoms with Gasteiger partial charge in [-0.2, -0.15) is 0 Å². The summed E-state index contributed by atoms with van der Waals surface area (Å²) in [7, 11) is 0. The van der Waals surface area contributed by atoms with Crippen LogP contribution in [-0.2, 0) is 0 Å². The summed E-state index contributed by atoms with van der Waals surface area (Å²) in [5.74, 6) is 0. The van der Waals surface area contributed by atoms with Crippen molar-refractivity contribution in [2.45, 2.75) is 50.2 Å². The molecule has 20 heavy (non-hydrogen) atoms. The highest BCUT2D eigenvalue weighted by molar-refractivity contribution is 6.31. The minimum atomic E-state index is -0.641. The molecule has 1 aromatic carbocycles. The van der Waals surface area contributed by atoms with E-state index in [2.05, 4.69) is 5.32 Å². The molecular formula is C16H24ClNO2. The average molecular weight is 298 g/mol. The first-order valence-corrected chi connectivity index (χ1v) is 7.84. The molecule has 3 N–H and O–H groups in total. The van der Waals surface area contributed by atoms with Crippen molar-refractivity contribution >= 4 is 11.6 Å². The lowest BCUT2D eigenvalue weighted by atomic mass is 9.94. The third-order valence-corrected chi connectivity index (χ3v) is 4.43. The van der Waals surface area contributed by atoms with E-state index >= 15 is 0 Å². The summed E-state index contributed by atoms with van der Waals surface area (Å²) in [4.78, 5) is 0. The van der Waals surface area contributed by atoms with Crippen molar-refractivity contribution in [2.75, 3.05) is 13.1 Å². The first-order chi connectivity index (χ1) is 9.61. The first-order valence-electron chi connectivity index (χ1n) is 7.46. The molecule has 1 aliphatic carbocycles. The molecule has 0 saturated heterocycles. The van der Waals surface area contributed by atoms with E-state index in [0.717, 1.165) is 31.2 Å². The second-order valence-electron chi connectivity index (χ2n) is 5.81. The Kier molecular flexibility index (Phi) is 5.85. The number of aliphatic hydroxyl groups excluding tert-OH is 1. The molecule has 0 aromatic heterocycles. The third-order valence-electron chi connectivity index (χ3n) is 4.09. The van der Waals surface area contributed by atoms with Crippen LogP contribution in [0.25, 0.3) is 0 Å². The maximum absolute atomic E-state index is 10.5. The number of benzene rings is 1. The summed E-state index contributed by atoms with van der Waals surface area (Å²) >= 11 is 6.06. The van der Waals surface area contributed by atoms with Gasteiger partial charge in [0.15, 0.2) is 0 Å². The molecular weight excluding hydrogens is 274 g/mol. The molecule has 0 heterocycles. The van der Waals surface area contributed by atoms with E-state index in [1.165, 1.54) is 12.8 Å². The van der Waals surface area contributed by atoms with E-state index in [0.29, 0.717) is 18.1 Å². The van der Waals surface area contributed by atoms with Crippen LogP contribution in [0.3, 0.4) is 0 Å². The van der Waals surface area contributed by atoms with Crippen LogP contribution in [0.2, 0.25) is 5.02 Å². The number of hydrogen-bond acceptors (Lipinski definition) is 3. The number of nitrogens with one attached hydrogen (secondary N) is 1. The van der Waals surface area contributed by atoms with Crippen LogP contribution in [0.5, 0.6) is 0 Å². The zero-order valence-electron chi connectivity index (χ0n) is 11.8. The van der Waals surface area contributed by atoms with Crippen LogP contribution < -0.4 is 5.32 Å².